The third-order valence-corrected chi connectivity index (χ3v) is 4.63. The average molecular weight is 346 g/mol. The van der Waals surface area contributed by atoms with Gasteiger partial charge in [0.05, 0.1) is 7.11 Å². The first-order chi connectivity index (χ1) is 12.8. The normalized spacial score (nSPS) is 12.7. The number of ether oxygens (including phenoxy) is 1. The first kappa shape index (κ1) is 16.4. The largest absolute Gasteiger partial charge is 0.497 e. The standard InChI is InChI=1S/C21H22N4O/c1-26-18-7-4-5-16(15-18)9-12-22-20-10-13-23-21(24-20)25-14-11-17-6-2-3-8-19(17)25/h2-8,10,13,15H,9,11-12,14H2,1H3,(H,22,23,24). The molecule has 26 heavy (non-hydrogen) atoms. The lowest BCUT2D eigenvalue weighted by Crippen LogP contribution is -2.17. The van der Waals surface area contributed by atoms with Gasteiger partial charge in [0.2, 0.25) is 5.95 Å². The number of methoxy groups -OCH3 is 1. The van der Waals surface area contributed by atoms with Gasteiger partial charge in [-0.1, -0.05) is 30.3 Å². The Labute approximate surface area is 153 Å². The third-order valence-electron chi connectivity index (χ3n) is 4.63. The molecule has 3 aromatic rings. The summed E-state index contributed by atoms with van der Waals surface area (Å²) in [6.45, 7) is 1.73. The van der Waals surface area contributed by atoms with E-state index in [0.29, 0.717) is 0 Å². The van der Waals surface area contributed by atoms with Crippen molar-refractivity contribution in [3.63, 3.8) is 0 Å². The van der Waals surface area contributed by atoms with Gasteiger partial charge in [-0.15, -0.1) is 0 Å². The molecule has 1 aliphatic heterocycles. The monoisotopic (exact) mass is 346 g/mol. The van der Waals surface area contributed by atoms with Gasteiger partial charge >= 0.3 is 0 Å². The maximum Gasteiger partial charge on any atom is 0.231 e. The molecule has 0 amide bonds. The maximum absolute atomic E-state index is 5.27. The summed E-state index contributed by atoms with van der Waals surface area (Å²) in [5, 5.41) is 3.40. The van der Waals surface area contributed by atoms with Crippen LogP contribution in [-0.4, -0.2) is 30.2 Å². The van der Waals surface area contributed by atoms with Crippen LogP contribution in [0.25, 0.3) is 0 Å². The summed E-state index contributed by atoms with van der Waals surface area (Å²) < 4.78 is 5.27. The fourth-order valence-corrected chi connectivity index (χ4v) is 3.29. The molecular formula is C21H22N4O. The van der Waals surface area contributed by atoms with E-state index >= 15 is 0 Å². The minimum Gasteiger partial charge on any atom is -0.497 e. The Bertz CT molecular complexity index is 896. The fraction of sp³-hybridized carbons (Fsp3) is 0.238. The molecule has 0 aliphatic carbocycles. The predicted molar refractivity (Wildman–Crippen MR) is 104 cm³/mol. The Morgan fingerprint density at radius 1 is 1.12 bits per heavy atom. The second-order valence-corrected chi connectivity index (χ2v) is 6.30. The minimum absolute atomic E-state index is 0.751. The van der Waals surface area contributed by atoms with Gasteiger partial charge in [0.1, 0.15) is 11.6 Å². The van der Waals surface area contributed by atoms with Gasteiger partial charge in [0, 0.05) is 25.0 Å². The second kappa shape index (κ2) is 7.44. The highest BCUT2D eigenvalue weighted by atomic mass is 16.5. The summed E-state index contributed by atoms with van der Waals surface area (Å²) in [7, 11) is 1.69. The zero-order valence-corrected chi connectivity index (χ0v) is 14.9. The summed E-state index contributed by atoms with van der Waals surface area (Å²) in [6, 6.07) is 18.5. The number of fused-ring (bicyclic) bond motifs is 1. The molecule has 0 saturated carbocycles. The van der Waals surface area contributed by atoms with Crippen molar-refractivity contribution in [3.05, 3.63) is 71.9 Å². The van der Waals surface area contributed by atoms with Crippen LogP contribution in [0.2, 0.25) is 0 Å². The van der Waals surface area contributed by atoms with Crippen molar-refractivity contribution < 1.29 is 4.74 Å². The van der Waals surface area contributed by atoms with Gasteiger partial charge in [-0.05, 0) is 48.2 Å². The molecule has 0 unspecified atom stereocenters. The minimum atomic E-state index is 0.751. The number of benzene rings is 2. The molecule has 1 N–H and O–H groups in total. The highest BCUT2D eigenvalue weighted by molar-refractivity contribution is 5.66. The topological polar surface area (TPSA) is 50.3 Å². The van der Waals surface area contributed by atoms with Crippen molar-refractivity contribution in [3.8, 4) is 5.75 Å². The van der Waals surface area contributed by atoms with E-state index in [9.17, 15) is 0 Å². The second-order valence-electron chi connectivity index (χ2n) is 6.30. The summed E-state index contributed by atoms with van der Waals surface area (Å²) in [4.78, 5) is 11.3. The van der Waals surface area contributed by atoms with E-state index in [0.717, 1.165) is 43.4 Å². The van der Waals surface area contributed by atoms with Gasteiger partial charge < -0.3 is 15.0 Å². The maximum atomic E-state index is 5.27. The number of nitrogens with one attached hydrogen (secondary N) is 1. The van der Waals surface area contributed by atoms with E-state index in [1.54, 1.807) is 7.11 Å². The van der Waals surface area contributed by atoms with Gasteiger partial charge in [-0.2, -0.15) is 4.98 Å². The molecular weight excluding hydrogens is 324 g/mol. The SMILES string of the molecule is COc1cccc(CCNc2ccnc(N3CCc4ccccc43)n2)c1. The molecule has 0 atom stereocenters. The highest BCUT2D eigenvalue weighted by Gasteiger charge is 2.21. The van der Waals surface area contributed by atoms with Crippen LogP contribution in [0.15, 0.2) is 60.8 Å². The number of hydrogen-bond acceptors (Lipinski definition) is 5. The Morgan fingerprint density at radius 2 is 2.04 bits per heavy atom. The molecule has 0 spiro atoms. The zero-order valence-electron chi connectivity index (χ0n) is 14.9. The van der Waals surface area contributed by atoms with E-state index in [1.807, 2.05) is 24.4 Å². The molecule has 1 aliphatic rings. The number of para-hydroxylation sites is 1. The van der Waals surface area contributed by atoms with Crippen LogP contribution in [-0.2, 0) is 12.8 Å². The van der Waals surface area contributed by atoms with Gasteiger partial charge in [-0.25, -0.2) is 4.98 Å². The predicted octanol–water partition coefficient (Wildman–Crippen LogP) is 3.83. The number of nitrogens with zero attached hydrogens (tertiary/aromatic N) is 3. The molecule has 0 fully saturated rings. The Balaban J connectivity index is 1.42. The molecule has 1 aromatic heterocycles. The van der Waals surface area contributed by atoms with Crippen molar-refractivity contribution in [2.45, 2.75) is 12.8 Å². The van der Waals surface area contributed by atoms with Crippen molar-refractivity contribution in [2.75, 3.05) is 30.4 Å². The first-order valence-corrected chi connectivity index (χ1v) is 8.89. The molecule has 2 heterocycles. The van der Waals surface area contributed by atoms with E-state index < -0.39 is 0 Å². The first-order valence-electron chi connectivity index (χ1n) is 8.89. The third kappa shape index (κ3) is 3.47. The smallest absolute Gasteiger partial charge is 0.231 e. The van der Waals surface area contributed by atoms with Crippen LogP contribution in [0, 0.1) is 0 Å². The van der Waals surface area contributed by atoms with Crippen molar-refractivity contribution in [1.29, 1.82) is 0 Å². The van der Waals surface area contributed by atoms with Gasteiger partial charge in [0.25, 0.3) is 0 Å². The van der Waals surface area contributed by atoms with Crippen LogP contribution in [0.4, 0.5) is 17.5 Å². The van der Waals surface area contributed by atoms with Gasteiger partial charge in [0.15, 0.2) is 0 Å². The molecule has 0 radical (unpaired) electrons. The molecule has 132 valence electrons. The van der Waals surface area contributed by atoms with Crippen molar-refractivity contribution in [2.24, 2.45) is 0 Å². The van der Waals surface area contributed by atoms with Crippen LogP contribution in [0.5, 0.6) is 5.75 Å². The number of hydrogen-bond donors (Lipinski definition) is 1. The Morgan fingerprint density at radius 3 is 2.96 bits per heavy atom. The Hall–Kier alpha value is -3.08. The zero-order chi connectivity index (χ0) is 17.8. The number of rotatable bonds is 6. The number of aromatic nitrogens is 2. The summed E-state index contributed by atoms with van der Waals surface area (Å²) >= 11 is 0. The summed E-state index contributed by atoms with van der Waals surface area (Å²) in [5.74, 6) is 2.49. The van der Waals surface area contributed by atoms with Crippen molar-refractivity contribution in [1.82, 2.24) is 9.97 Å². The van der Waals surface area contributed by atoms with E-state index in [-0.39, 0.29) is 0 Å². The molecule has 4 rings (SSSR count). The van der Waals surface area contributed by atoms with Crippen LogP contribution >= 0.6 is 0 Å². The molecule has 5 heteroatoms. The number of anilines is 3. The van der Waals surface area contributed by atoms with Crippen LogP contribution in [0.1, 0.15) is 11.1 Å². The summed E-state index contributed by atoms with van der Waals surface area (Å²) in [6.07, 6.45) is 3.76. The van der Waals surface area contributed by atoms with Gasteiger partial charge in [-0.3, -0.25) is 0 Å². The Kier molecular flexibility index (Phi) is 4.69. The van der Waals surface area contributed by atoms with Crippen LogP contribution in [0.3, 0.4) is 0 Å². The highest BCUT2D eigenvalue weighted by Crippen LogP contribution is 2.32. The fourth-order valence-electron chi connectivity index (χ4n) is 3.29. The quantitative estimate of drug-likeness (QED) is 0.735. The molecule has 2 aromatic carbocycles. The lowest BCUT2D eigenvalue weighted by atomic mass is 10.1. The van der Waals surface area contributed by atoms with Crippen LogP contribution < -0.4 is 15.0 Å². The van der Waals surface area contributed by atoms with E-state index in [4.69, 9.17) is 9.72 Å². The molecule has 5 nitrogen and oxygen atoms in total. The van der Waals surface area contributed by atoms with Crippen molar-refractivity contribution >= 4 is 17.5 Å². The molecule has 0 saturated heterocycles. The average Bonchev–Trinajstić information content (AvgIpc) is 3.13. The van der Waals surface area contributed by atoms with E-state index in [2.05, 4.69) is 51.6 Å². The molecule has 0 bridgehead atoms. The van der Waals surface area contributed by atoms with E-state index in [1.165, 1.54) is 16.8 Å². The summed E-state index contributed by atoms with van der Waals surface area (Å²) in [5.41, 5.74) is 3.80. The lowest BCUT2D eigenvalue weighted by molar-refractivity contribution is 0.414. The lowest BCUT2D eigenvalue weighted by Gasteiger charge is -2.17.